The smallest absolute Gasteiger partial charge is 0.337 e. The summed E-state index contributed by atoms with van der Waals surface area (Å²) < 4.78 is 97.1. The number of hydrogen-bond acceptors (Lipinski definition) is 2. The third kappa shape index (κ3) is 5.01. The third-order valence-corrected chi connectivity index (χ3v) is 5.56. The van der Waals surface area contributed by atoms with E-state index in [1.165, 1.54) is 24.5 Å². The fourth-order valence-corrected chi connectivity index (χ4v) is 3.96. The second-order valence-corrected chi connectivity index (χ2v) is 7.73. The van der Waals surface area contributed by atoms with Crippen molar-refractivity contribution in [3.05, 3.63) is 75.6 Å². The minimum atomic E-state index is -5.19. The van der Waals surface area contributed by atoms with Gasteiger partial charge in [0.25, 0.3) is 0 Å². The number of nitrogens with zero attached hydrogens (tertiary/aromatic N) is 2. The van der Waals surface area contributed by atoms with Gasteiger partial charge in [0.1, 0.15) is 5.82 Å². The van der Waals surface area contributed by atoms with Gasteiger partial charge in [0.05, 0.1) is 23.2 Å². The molecule has 0 bridgehead atoms. The van der Waals surface area contributed by atoms with Crippen molar-refractivity contribution in [1.82, 2.24) is 9.55 Å². The van der Waals surface area contributed by atoms with Crippen LogP contribution >= 0.6 is 12.2 Å². The van der Waals surface area contributed by atoms with E-state index in [1.54, 1.807) is 6.92 Å². The highest BCUT2D eigenvalue weighted by molar-refractivity contribution is 7.71. The number of likely N-dealkylation sites (N-methyl/N-ethyl adjacent to an activating group) is 1. The average Bonchev–Trinajstić information content (AvgIpc) is 3.13. The van der Waals surface area contributed by atoms with Crippen molar-refractivity contribution >= 4 is 23.8 Å². The number of rotatable bonds is 5. The normalized spacial score (nSPS) is 12.1. The van der Waals surface area contributed by atoms with Crippen LogP contribution in [-0.2, 0) is 23.6 Å². The van der Waals surface area contributed by atoms with Crippen LogP contribution in [0.1, 0.15) is 29.2 Å². The molecule has 0 saturated heterocycles. The van der Waals surface area contributed by atoms with E-state index in [4.69, 9.17) is 12.2 Å². The number of aromatic amines is 1. The van der Waals surface area contributed by atoms with Crippen LogP contribution in [0.5, 0.6) is 0 Å². The van der Waals surface area contributed by atoms with Gasteiger partial charge in [-0.1, -0.05) is 0 Å². The zero-order chi connectivity index (χ0) is 25.4. The minimum absolute atomic E-state index is 0.0197. The summed E-state index contributed by atoms with van der Waals surface area (Å²) in [6.07, 6.45) is -8.69. The lowest BCUT2D eigenvalue weighted by atomic mass is 9.92. The molecule has 3 aromatic rings. The predicted octanol–water partition coefficient (Wildman–Crippen LogP) is 6.62. The number of aromatic nitrogens is 2. The summed E-state index contributed by atoms with van der Waals surface area (Å²) in [5, 5.41) is 0. The number of benzene rings is 2. The molecule has 0 aliphatic carbocycles. The van der Waals surface area contributed by atoms with Gasteiger partial charge in [-0.25, -0.2) is 4.39 Å². The molecule has 1 N–H and O–H groups in total. The van der Waals surface area contributed by atoms with Crippen LogP contribution < -0.4 is 4.90 Å². The van der Waals surface area contributed by atoms with Crippen molar-refractivity contribution in [3.63, 3.8) is 0 Å². The molecule has 0 saturated carbocycles. The number of amides is 1. The van der Waals surface area contributed by atoms with E-state index in [2.05, 4.69) is 4.98 Å². The Bertz CT molecular complexity index is 1260. The molecule has 0 spiro atoms. The Morgan fingerprint density at radius 2 is 1.65 bits per heavy atom. The second-order valence-electron chi connectivity index (χ2n) is 7.35. The van der Waals surface area contributed by atoms with E-state index in [0.29, 0.717) is 0 Å². The topological polar surface area (TPSA) is 41.0 Å². The first-order valence-electron chi connectivity index (χ1n) is 9.88. The maximum Gasteiger partial charge on any atom is 0.416 e. The highest BCUT2D eigenvalue weighted by Gasteiger charge is 2.42. The van der Waals surface area contributed by atoms with Crippen molar-refractivity contribution in [1.29, 1.82) is 0 Å². The summed E-state index contributed by atoms with van der Waals surface area (Å²) in [5.41, 5.74) is -4.49. The van der Waals surface area contributed by atoms with E-state index < -0.39 is 58.4 Å². The molecule has 1 heterocycles. The van der Waals surface area contributed by atoms with Crippen molar-refractivity contribution in [2.45, 2.75) is 32.6 Å². The zero-order valence-electron chi connectivity index (χ0n) is 17.8. The van der Waals surface area contributed by atoms with Crippen LogP contribution in [0, 0.1) is 17.5 Å². The number of anilines is 1. The monoisotopic (exact) mass is 505 g/mol. The molecule has 0 aliphatic heterocycles. The summed E-state index contributed by atoms with van der Waals surface area (Å²) in [6, 6.07) is 4.75. The number of nitrogens with one attached hydrogen (secondary N) is 1. The summed E-state index contributed by atoms with van der Waals surface area (Å²) in [4.78, 5) is 16.8. The zero-order valence-corrected chi connectivity index (χ0v) is 18.6. The van der Waals surface area contributed by atoms with E-state index in [1.807, 2.05) is 0 Å². The molecular formula is C22H18F7N3OS. The lowest BCUT2D eigenvalue weighted by Gasteiger charge is -2.26. The Hall–Kier alpha value is -3.15. The molecule has 2 aromatic carbocycles. The molecule has 0 atom stereocenters. The molecular weight excluding hydrogens is 487 g/mol. The molecule has 3 rings (SSSR count). The number of halogens is 7. The van der Waals surface area contributed by atoms with Crippen molar-refractivity contribution < 1.29 is 35.5 Å². The number of imidazole rings is 1. The average molecular weight is 505 g/mol. The molecule has 1 amide bonds. The Kier molecular flexibility index (Phi) is 6.92. The van der Waals surface area contributed by atoms with Gasteiger partial charge in [0.15, 0.2) is 4.77 Å². The van der Waals surface area contributed by atoms with Gasteiger partial charge in [0, 0.05) is 24.6 Å². The first-order chi connectivity index (χ1) is 15.8. The highest BCUT2D eigenvalue weighted by Crippen LogP contribution is 2.43. The fraction of sp³-hybridized carbons (Fsp3) is 0.273. The Morgan fingerprint density at radius 1 is 1.06 bits per heavy atom. The van der Waals surface area contributed by atoms with Gasteiger partial charge < -0.3 is 9.88 Å². The van der Waals surface area contributed by atoms with Gasteiger partial charge in [-0.2, -0.15) is 26.3 Å². The number of hydrogen-bond donors (Lipinski definition) is 1. The van der Waals surface area contributed by atoms with Crippen LogP contribution in [0.3, 0.4) is 0 Å². The van der Waals surface area contributed by atoms with Gasteiger partial charge in [0.2, 0.25) is 5.91 Å². The Balaban J connectivity index is 2.27. The Labute approximate surface area is 194 Å². The van der Waals surface area contributed by atoms with Crippen molar-refractivity contribution in [2.75, 3.05) is 11.4 Å². The van der Waals surface area contributed by atoms with E-state index in [0.717, 1.165) is 28.5 Å². The third-order valence-electron chi connectivity index (χ3n) is 5.24. The van der Waals surface area contributed by atoms with E-state index in [-0.39, 0.29) is 23.1 Å². The van der Waals surface area contributed by atoms with Crippen LogP contribution in [0.15, 0.2) is 42.7 Å². The lowest BCUT2D eigenvalue weighted by molar-refractivity contribution is -0.143. The Morgan fingerprint density at radius 3 is 2.12 bits per heavy atom. The number of carbonyl (C=O) groups is 1. The van der Waals surface area contributed by atoms with Crippen LogP contribution in [0.2, 0.25) is 0 Å². The van der Waals surface area contributed by atoms with Crippen LogP contribution in [0.25, 0.3) is 5.69 Å². The molecule has 34 heavy (non-hydrogen) atoms. The van der Waals surface area contributed by atoms with E-state index in [9.17, 15) is 35.5 Å². The maximum absolute atomic E-state index is 14.0. The van der Waals surface area contributed by atoms with Crippen LogP contribution in [-0.4, -0.2) is 22.0 Å². The molecule has 182 valence electrons. The fourth-order valence-electron chi connectivity index (χ4n) is 3.74. The number of H-pyrrole nitrogens is 1. The van der Waals surface area contributed by atoms with Crippen molar-refractivity contribution in [3.8, 4) is 5.69 Å². The highest BCUT2D eigenvalue weighted by atomic mass is 32.1. The first-order valence-corrected chi connectivity index (χ1v) is 10.3. The first kappa shape index (κ1) is 25.5. The van der Waals surface area contributed by atoms with Gasteiger partial charge in [-0.05, 0) is 67.5 Å². The summed E-state index contributed by atoms with van der Waals surface area (Å²) in [5.74, 6) is -1.39. The van der Waals surface area contributed by atoms with Gasteiger partial charge in [-0.15, -0.1) is 0 Å². The lowest BCUT2D eigenvalue weighted by Crippen LogP contribution is -2.33. The molecule has 1 aromatic heterocycles. The van der Waals surface area contributed by atoms with Crippen molar-refractivity contribution in [2.24, 2.45) is 0 Å². The summed E-state index contributed by atoms with van der Waals surface area (Å²) >= 11 is 5.05. The summed E-state index contributed by atoms with van der Waals surface area (Å²) in [7, 11) is 0. The quantitative estimate of drug-likeness (QED) is 0.313. The maximum atomic E-state index is 14.0. The molecule has 0 radical (unpaired) electrons. The molecule has 12 heteroatoms. The molecule has 4 nitrogen and oxygen atoms in total. The van der Waals surface area contributed by atoms with Crippen LogP contribution in [0.4, 0.5) is 36.4 Å². The van der Waals surface area contributed by atoms with Gasteiger partial charge in [-0.3, -0.25) is 9.36 Å². The number of alkyl halides is 6. The molecule has 0 unspecified atom stereocenters. The number of carbonyl (C=O) groups excluding carboxylic acids is 1. The SMILES string of the molecule is CCN(C(=O)Cc1c(C(F)(F)F)cc(C(F)(F)F)c(C)c1-n1cc[nH]c1=S)c1ccc(F)cc1. The second kappa shape index (κ2) is 9.24. The standard InChI is InChI=1S/C22H18F7N3OS/c1-3-31(14-6-4-13(23)5-7-14)18(33)10-15-17(22(27,28)29)11-16(21(24,25)26)12(2)19(15)32-9-8-30-20(32)34/h4-9,11H,3,10H2,1-2H3,(H,30,34). The predicted molar refractivity (Wildman–Crippen MR) is 114 cm³/mol. The largest absolute Gasteiger partial charge is 0.416 e. The summed E-state index contributed by atoms with van der Waals surface area (Å²) in [6.45, 7) is 2.62. The van der Waals surface area contributed by atoms with E-state index >= 15 is 0 Å². The molecule has 0 aliphatic rings. The van der Waals surface area contributed by atoms with Gasteiger partial charge >= 0.3 is 12.4 Å². The minimum Gasteiger partial charge on any atom is -0.337 e. The molecule has 0 fully saturated rings.